The molecule has 15 heavy (non-hydrogen) atoms. The number of ether oxygens (including phenoxy) is 1. The number of nitrogens with one attached hydrogen (secondary N) is 1. The zero-order valence-corrected chi connectivity index (χ0v) is 10.3. The van der Waals surface area contributed by atoms with Crippen molar-refractivity contribution in [1.29, 1.82) is 0 Å². The van der Waals surface area contributed by atoms with Crippen molar-refractivity contribution in [1.82, 2.24) is 10.2 Å². The summed E-state index contributed by atoms with van der Waals surface area (Å²) in [6.45, 7) is 11.4. The lowest BCUT2D eigenvalue weighted by molar-refractivity contribution is -0.111. The van der Waals surface area contributed by atoms with Gasteiger partial charge in [0.2, 0.25) is 0 Å². The summed E-state index contributed by atoms with van der Waals surface area (Å²) < 4.78 is 5.74. The Bertz CT molecular complexity index is 227. The van der Waals surface area contributed by atoms with Gasteiger partial charge in [-0.3, -0.25) is 0 Å². The van der Waals surface area contributed by atoms with Crippen LogP contribution in [0.2, 0.25) is 0 Å². The first-order valence-corrected chi connectivity index (χ1v) is 5.51. The lowest BCUT2D eigenvalue weighted by atomic mass is 10.1. The second-order valence-corrected chi connectivity index (χ2v) is 5.36. The molecule has 88 valence electrons. The van der Waals surface area contributed by atoms with Crippen LogP contribution in [-0.4, -0.2) is 41.8 Å². The fraction of sp³-hybridized carbons (Fsp3) is 0.909. The molecule has 1 aliphatic heterocycles. The number of carbonyl (C=O) groups is 1. The Morgan fingerprint density at radius 2 is 1.93 bits per heavy atom. The van der Waals surface area contributed by atoms with Crippen LogP contribution in [0.3, 0.4) is 0 Å². The molecule has 0 saturated carbocycles. The highest BCUT2D eigenvalue weighted by molar-refractivity contribution is 5.75. The van der Waals surface area contributed by atoms with Gasteiger partial charge in [0.15, 0.2) is 0 Å². The standard InChI is InChI=1S/C11H22N2O2/c1-8(2)12-10(14)13-6-9(7-13)15-11(3,4)5/h8-9H,6-7H2,1-5H3,(H,12,14). The first-order valence-electron chi connectivity index (χ1n) is 5.51. The molecule has 0 aromatic carbocycles. The van der Waals surface area contributed by atoms with E-state index in [0.29, 0.717) is 13.1 Å². The van der Waals surface area contributed by atoms with Crippen molar-refractivity contribution in [3.8, 4) is 0 Å². The number of carbonyl (C=O) groups excluding carboxylic acids is 1. The van der Waals surface area contributed by atoms with Crippen molar-refractivity contribution in [3.05, 3.63) is 0 Å². The van der Waals surface area contributed by atoms with Gasteiger partial charge in [0, 0.05) is 6.04 Å². The quantitative estimate of drug-likeness (QED) is 0.758. The summed E-state index contributed by atoms with van der Waals surface area (Å²) in [5, 5.41) is 2.86. The van der Waals surface area contributed by atoms with Crippen LogP contribution in [0.5, 0.6) is 0 Å². The van der Waals surface area contributed by atoms with Crippen molar-refractivity contribution < 1.29 is 9.53 Å². The number of urea groups is 1. The van der Waals surface area contributed by atoms with Gasteiger partial charge in [-0.15, -0.1) is 0 Å². The van der Waals surface area contributed by atoms with Crippen LogP contribution in [0.1, 0.15) is 34.6 Å². The third-order valence-corrected chi connectivity index (χ3v) is 2.07. The lowest BCUT2D eigenvalue weighted by Crippen LogP contribution is -2.59. The van der Waals surface area contributed by atoms with Crippen molar-refractivity contribution in [2.24, 2.45) is 0 Å². The van der Waals surface area contributed by atoms with Crippen LogP contribution < -0.4 is 5.32 Å². The molecular weight excluding hydrogens is 192 g/mol. The van der Waals surface area contributed by atoms with Crippen LogP contribution in [0.25, 0.3) is 0 Å². The molecule has 0 unspecified atom stereocenters. The third kappa shape index (κ3) is 4.08. The van der Waals surface area contributed by atoms with E-state index in [-0.39, 0.29) is 23.8 Å². The lowest BCUT2D eigenvalue weighted by Gasteiger charge is -2.42. The summed E-state index contributed by atoms with van der Waals surface area (Å²) >= 11 is 0. The Balaban J connectivity index is 2.23. The molecule has 1 rings (SSSR count). The molecule has 0 aliphatic carbocycles. The van der Waals surface area contributed by atoms with Gasteiger partial charge in [-0.05, 0) is 34.6 Å². The van der Waals surface area contributed by atoms with Gasteiger partial charge in [-0.25, -0.2) is 4.79 Å². The van der Waals surface area contributed by atoms with Crippen LogP contribution in [0, 0.1) is 0 Å². The largest absolute Gasteiger partial charge is 0.369 e. The van der Waals surface area contributed by atoms with Crippen LogP contribution in [0.15, 0.2) is 0 Å². The topological polar surface area (TPSA) is 41.6 Å². The highest BCUT2D eigenvalue weighted by Gasteiger charge is 2.34. The minimum Gasteiger partial charge on any atom is -0.369 e. The normalized spacial score (nSPS) is 17.9. The van der Waals surface area contributed by atoms with E-state index in [4.69, 9.17) is 4.74 Å². The van der Waals surface area contributed by atoms with Gasteiger partial charge >= 0.3 is 6.03 Å². The van der Waals surface area contributed by atoms with E-state index in [2.05, 4.69) is 5.32 Å². The maximum absolute atomic E-state index is 11.5. The van der Waals surface area contributed by atoms with Gasteiger partial charge in [0.1, 0.15) is 0 Å². The van der Waals surface area contributed by atoms with Crippen molar-refractivity contribution in [2.75, 3.05) is 13.1 Å². The minimum atomic E-state index is -0.120. The predicted octanol–water partition coefficient (Wildman–Crippen LogP) is 1.60. The number of hydrogen-bond acceptors (Lipinski definition) is 2. The SMILES string of the molecule is CC(C)NC(=O)N1CC(OC(C)(C)C)C1. The Morgan fingerprint density at radius 3 is 2.33 bits per heavy atom. The highest BCUT2D eigenvalue weighted by Crippen LogP contribution is 2.18. The second kappa shape index (κ2) is 4.39. The molecule has 1 heterocycles. The Kier molecular flexibility index (Phi) is 3.60. The molecule has 1 N–H and O–H groups in total. The average Bonchev–Trinajstić information content (AvgIpc) is 1.91. The smallest absolute Gasteiger partial charge is 0.317 e. The molecule has 0 atom stereocenters. The zero-order chi connectivity index (χ0) is 11.6. The number of rotatable bonds is 2. The Labute approximate surface area is 92.0 Å². The molecule has 0 bridgehead atoms. The van der Waals surface area contributed by atoms with Gasteiger partial charge in [0.25, 0.3) is 0 Å². The molecule has 0 radical (unpaired) electrons. The number of likely N-dealkylation sites (tertiary alicyclic amines) is 1. The summed E-state index contributed by atoms with van der Waals surface area (Å²) in [5.41, 5.74) is -0.120. The number of amides is 2. The fourth-order valence-corrected chi connectivity index (χ4v) is 1.52. The molecule has 2 amide bonds. The molecule has 1 fully saturated rings. The van der Waals surface area contributed by atoms with Gasteiger partial charge in [0.05, 0.1) is 24.8 Å². The molecule has 4 heteroatoms. The zero-order valence-electron chi connectivity index (χ0n) is 10.3. The van der Waals surface area contributed by atoms with E-state index in [9.17, 15) is 4.79 Å². The van der Waals surface area contributed by atoms with E-state index >= 15 is 0 Å². The molecule has 0 aromatic rings. The Morgan fingerprint density at radius 1 is 1.40 bits per heavy atom. The number of hydrogen-bond donors (Lipinski definition) is 1. The monoisotopic (exact) mass is 214 g/mol. The van der Waals surface area contributed by atoms with Crippen molar-refractivity contribution in [3.63, 3.8) is 0 Å². The van der Waals surface area contributed by atoms with E-state index in [0.717, 1.165) is 0 Å². The summed E-state index contributed by atoms with van der Waals surface area (Å²) in [7, 11) is 0. The molecular formula is C11H22N2O2. The summed E-state index contributed by atoms with van der Waals surface area (Å²) in [5.74, 6) is 0. The summed E-state index contributed by atoms with van der Waals surface area (Å²) in [4.78, 5) is 13.3. The maximum Gasteiger partial charge on any atom is 0.317 e. The van der Waals surface area contributed by atoms with Crippen LogP contribution >= 0.6 is 0 Å². The highest BCUT2D eigenvalue weighted by atomic mass is 16.5. The third-order valence-electron chi connectivity index (χ3n) is 2.07. The summed E-state index contributed by atoms with van der Waals surface area (Å²) in [6.07, 6.45) is 0.197. The van der Waals surface area contributed by atoms with Crippen molar-refractivity contribution in [2.45, 2.75) is 52.4 Å². The molecule has 1 saturated heterocycles. The van der Waals surface area contributed by atoms with Gasteiger partial charge in [-0.2, -0.15) is 0 Å². The van der Waals surface area contributed by atoms with E-state index in [1.54, 1.807) is 4.90 Å². The first kappa shape index (κ1) is 12.3. The van der Waals surface area contributed by atoms with Gasteiger partial charge < -0.3 is 15.0 Å². The summed E-state index contributed by atoms with van der Waals surface area (Å²) in [6, 6.07) is 0.207. The van der Waals surface area contributed by atoms with Crippen LogP contribution in [0.4, 0.5) is 4.79 Å². The molecule has 0 spiro atoms. The maximum atomic E-state index is 11.5. The fourth-order valence-electron chi connectivity index (χ4n) is 1.52. The Hall–Kier alpha value is -0.770. The number of nitrogens with zero attached hydrogens (tertiary/aromatic N) is 1. The first-order chi connectivity index (χ1) is 6.78. The van der Waals surface area contributed by atoms with E-state index in [1.165, 1.54) is 0 Å². The second-order valence-electron chi connectivity index (χ2n) is 5.36. The van der Waals surface area contributed by atoms with Crippen molar-refractivity contribution >= 4 is 6.03 Å². The molecule has 0 aromatic heterocycles. The average molecular weight is 214 g/mol. The van der Waals surface area contributed by atoms with E-state index < -0.39 is 0 Å². The molecule has 4 nitrogen and oxygen atoms in total. The minimum absolute atomic E-state index is 0.0127. The predicted molar refractivity (Wildman–Crippen MR) is 59.9 cm³/mol. The van der Waals surface area contributed by atoms with Crippen LogP contribution in [-0.2, 0) is 4.74 Å². The van der Waals surface area contributed by atoms with Gasteiger partial charge in [-0.1, -0.05) is 0 Å². The molecule has 1 aliphatic rings. The van der Waals surface area contributed by atoms with E-state index in [1.807, 2.05) is 34.6 Å².